The van der Waals surface area contributed by atoms with E-state index >= 15 is 0 Å². The van der Waals surface area contributed by atoms with Crippen LogP contribution in [0.3, 0.4) is 0 Å². The van der Waals surface area contributed by atoms with Crippen LogP contribution in [0.15, 0.2) is 30.3 Å². The Morgan fingerprint density at radius 3 is 1.71 bits per heavy atom. The van der Waals surface area contributed by atoms with Crippen molar-refractivity contribution in [1.29, 1.82) is 5.26 Å². The molecule has 0 bridgehead atoms. The van der Waals surface area contributed by atoms with Gasteiger partial charge in [0.25, 0.3) is 0 Å². The molecule has 1 fully saturated rings. The van der Waals surface area contributed by atoms with Crippen molar-refractivity contribution in [2.75, 3.05) is 26.4 Å². The van der Waals surface area contributed by atoms with E-state index in [1.54, 1.807) is 12.1 Å². The first kappa shape index (κ1) is 10.7. The van der Waals surface area contributed by atoms with Crippen LogP contribution in [-0.4, -0.2) is 26.4 Å². The zero-order valence-corrected chi connectivity index (χ0v) is 7.98. The third kappa shape index (κ3) is 4.61. The van der Waals surface area contributed by atoms with Crippen molar-refractivity contribution in [1.82, 2.24) is 0 Å². The van der Waals surface area contributed by atoms with Gasteiger partial charge in [0.05, 0.1) is 38.1 Å². The third-order valence-electron chi connectivity index (χ3n) is 1.65. The number of rotatable bonds is 0. The van der Waals surface area contributed by atoms with Gasteiger partial charge < -0.3 is 9.47 Å². The molecule has 0 spiro atoms. The first-order valence-electron chi connectivity index (χ1n) is 4.54. The van der Waals surface area contributed by atoms with Crippen molar-refractivity contribution in [2.45, 2.75) is 0 Å². The molecule has 0 aromatic heterocycles. The van der Waals surface area contributed by atoms with Crippen LogP contribution >= 0.6 is 0 Å². The average molecular weight is 191 g/mol. The summed E-state index contributed by atoms with van der Waals surface area (Å²) < 4.78 is 9.89. The van der Waals surface area contributed by atoms with E-state index in [-0.39, 0.29) is 0 Å². The van der Waals surface area contributed by atoms with E-state index in [9.17, 15) is 0 Å². The Hall–Kier alpha value is -1.37. The van der Waals surface area contributed by atoms with Gasteiger partial charge in [-0.05, 0) is 12.1 Å². The Bertz CT molecular complexity index is 264. The Morgan fingerprint density at radius 1 is 0.929 bits per heavy atom. The Balaban J connectivity index is 0.000000146. The molecule has 1 saturated heterocycles. The molecule has 0 amide bonds. The molecular formula is C11H13NO2. The second-order valence-electron chi connectivity index (χ2n) is 2.70. The first-order chi connectivity index (χ1) is 6.93. The van der Waals surface area contributed by atoms with Crippen LogP contribution in [0.5, 0.6) is 0 Å². The molecular weight excluding hydrogens is 178 g/mol. The van der Waals surface area contributed by atoms with E-state index in [0.29, 0.717) is 5.56 Å². The maximum atomic E-state index is 8.29. The number of nitrogens with zero attached hydrogens (tertiary/aromatic N) is 1. The zero-order valence-electron chi connectivity index (χ0n) is 7.98. The van der Waals surface area contributed by atoms with E-state index in [1.807, 2.05) is 24.3 Å². The highest BCUT2D eigenvalue weighted by molar-refractivity contribution is 5.27. The summed E-state index contributed by atoms with van der Waals surface area (Å²) in [6, 6.07) is 11.2. The van der Waals surface area contributed by atoms with Gasteiger partial charge in [-0.2, -0.15) is 5.26 Å². The molecule has 0 atom stereocenters. The predicted octanol–water partition coefficient (Wildman–Crippen LogP) is 1.59. The van der Waals surface area contributed by atoms with E-state index in [4.69, 9.17) is 14.7 Å². The standard InChI is InChI=1S/C7H5N.C4H8O2/c8-6-7-4-2-1-3-5-7;1-2-6-4-3-5-1/h1-5H;1-4H2. The van der Waals surface area contributed by atoms with Crippen molar-refractivity contribution in [3.63, 3.8) is 0 Å². The fourth-order valence-corrected chi connectivity index (χ4v) is 0.953. The van der Waals surface area contributed by atoms with Gasteiger partial charge in [-0.3, -0.25) is 0 Å². The van der Waals surface area contributed by atoms with Crippen LogP contribution in [0, 0.1) is 11.3 Å². The van der Waals surface area contributed by atoms with Crippen molar-refractivity contribution in [3.8, 4) is 6.07 Å². The molecule has 74 valence electrons. The van der Waals surface area contributed by atoms with Gasteiger partial charge in [-0.15, -0.1) is 0 Å². The molecule has 1 aromatic rings. The molecule has 1 aliphatic heterocycles. The predicted molar refractivity (Wildman–Crippen MR) is 52.8 cm³/mol. The summed E-state index contributed by atoms with van der Waals surface area (Å²) in [5.41, 5.74) is 0.715. The molecule has 0 saturated carbocycles. The summed E-state index contributed by atoms with van der Waals surface area (Å²) in [6.45, 7) is 3.11. The van der Waals surface area contributed by atoms with Gasteiger partial charge in [-0.1, -0.05) is 18.2 Å². The van der Waals surface area contributed by atoms with Crippen LogP contribution < -0.4 is 0 Å². The van der Waals surface area contributed by atoms with E-state index in [0.717, 1.165) is 26.4 Å². The molecule has 1 aliphatic rings. The highest BCUT2D eigenvalue weighted by atomic mass is 16.6. The zero-order chi connectivity index (χ0) is 10.1. The molecule has 3 heteroatoms. The number of hydrogen-bond acceptors (Lipinski definition) is 3. The molecule has 3 nitrogen and oxygen atoms in total. The summed E-state index contributed by atoms with van der Waals surface area (Å²) in [4.78, 5) is 0. The van der Waals surface area contributed by atoms with Gasteiger partial charge in [0.2, 0.25) is 0 Å². The van der Waals surface area contributed by atoms with Gasteiger partial charge in [0, 0.05) is 0 Å². The van der Waals surface area contributed by atoms with Crippen LogP contribution in [0.4, 0.5) is 0 Å². The molecule has 0 radical (unpaired) electrons. The lowest BCUT2D eigenvalue weighted by Crippen LogP contribution is -2.16. The maximum Gasteiger partial charge on any atom is 0.0991 e. The minimum absolute atomic E-state index is 0.715. The van der Waals surface area contributed by atoms with E-state index in [2.05, 4.69) is 0 Å². The summed E-state index contributed by atoms with van der Waals surface area (Å²) >= 11 is 0. The minimum Gasteiger partial charge on any atom is -0.377 e. The fourth-order valence-electron chi connectivity index (χ4n) is 0.953. The summed E-state index contributed by atoms with van der Waals surface area (Å²) in [7, 11) is 0. The Labute approximate surface area is 83.9 Å². The van der Waals surface area contributed by atoms with Crippen LogP contribution in [0.25, 0.3) is 0 Å². The molecule has 14 heavy (non-hydrogen) atoms. The van der Waals surface area contributed by atoms with E-state index in [1.165, 1.54) is 0 Å². The first-order valence-corrected chi connectivity index (χ1v) is 4.54. The van der Waals surface area contributed by atoms with Crippen molar-refractivity contribution in [3.05, 3.63) is 35.9 Å². The quantitative estimate of drug-likeness (QED) is 0.625. The van der Waals surface area contributed by atoms with Gasteiger partial charge >= 0.3 is 0 Å². The van der Waals surface area contributed by atoms with Gasteiger partial charge in [0.1, 0.15) is 0 Å². The maximum absolute atomic E-state index is 8.29. The topological polar surface area (TPSA) is 42.2 Å². The highest BCUT2D eigenvalue weighted by Gasteiger charge is 1.94. The Morgan fingerprint density at radius 2 is 1.43 bits per heavy atom. The highest BCUT2D eigenvalue weighted by Crippen LogP contribution is 1.93. The minimum atomic E-state index is 0.715. The third-order valence-corrected chi connectivity index (χ3v) is 1.65. The lowest BCUT2D eigenvalue weighted by molar-refractivity contribution is -0.0334. The Kier molecular flexibility index (Phi) is 5.41. The number of hydrogen-bond donors (Lipinski definition) is 0. The van der Waals surface area contributed by atoms with Gasteiger partial charge in [0.15, 0.2) is 0 Å². The van der Waals surface area contributed by atoms with E-state index < -0.39 is 0 Å². The van der Waals surface area contributed by atoms with Crippen molar-refractivity contribution < 1.29 is 9.47 Å². The van der Waals surface area contributed by atoms with Crippen molar-refractivity contribution >= 4 is 0 Å². The molecule has 0 aliphatic carbocycles. The van der Waals surface area contributed by atoms with Gasteiger partial charge in [-0.25, -0.2) is 0 Å². The molecule has 0 N–H and O–H groups in total. The second-order valence-corrected chi connectivity index (χ2v) is 2.70. The SMILES string of the molecule is C1COCCO1.N#Cc1ccccc1. The lowest BCUT2D eigenvalue weighted by Gasteiger charge is -2.09. The van der Waals surface area contributed by atoms with Crippen LogP contribution in [-0.2, 0) is 9.47 Å². The summed E-state index contributed by atoms with van der Waals surface area (Å²) in [5, 5.41) is 8.29. The average Bonchev–Trinajstić information content (AvgIpc) is 2.33. The van der Waals surface area contributed by atoms with Crippen LogP contribution in [0.2, 0.25) is 0 Å². The largest absolute Gasteiger partial charge is 0.377 e. The molecule has 2 rings (SSSR count). The fraction of sp³-hybridized carbons (Fsp3) is 0.364. The summed E-state index contributed by atoms with van der Waals surface area (Å²) in [6.07, 6.45) is 0. The summed E-state index contributed by atoms with van der Waals surface area (Å²) in [5.74, 6) is 0. The second kappa shape index (κ2) is 7.07. The van der Waals surface area contributed by atoms with Crippen molar-refractivity contribution in [2.24, 2.45) is 0 Å². The number of nitriles is 1. The lowest BCUT2D eigenvalue weighted by atomic mass is 10.2. The van der Waals surface area contributed by atoms with Crippen LogP contribution in [0.1, 0.15) is 5.56 Å². The smallest absolute Gasteiger partial charge is 0.0991 e. The number of benzene rings is 1. The molecule has 1 heterocycles. The molecule has 0 unspecified atom stereocenters. The number of ether oxygens (including phenoxy) is 2. The normalized spacial score (nSPS) is 14.8. The monoisotopic (exact) mass is 191 g/mol. The molecule has 1 aromatic carbocycles.